The summed E-state index contributed by atoms with van der Waals surface area (Å²) in [5, 5.41) is 8.41. The fraction of sp³-hybridized carbons (Fsp3) is 0.200. The lowest BCUT2D eigenvalue weighted by Gasteiger charge is -2.07. The first kappa shape index (κ1) is 18.9. The van der Waals surface area contributed by atoms with E-state index < -0.39 is 22.0 Å². The van der Waals surface area contributed by atoms with Crippen molar-refractivity contribution < 1.29 is 21.6 Å². The molecular formula is C15H13F3N6O2S. The van der Waals surface area contributed by atoms with E-state index in [0.717, 1.165) is 28.2 Å². The van der Waals surface area contributed by atoms with Crippen LogP contribution in [0.5, 0.6) is 0 Å². The first-order chi connectivity index (χ1) is 12.5. The van der Waals surface area contributed by atoms with Crippen molar-refractivity contribution in [1.29, 1.82) is 0 Å². The SMILES string of the molecule is Cc1ccc(-c2nc(C(F)(F)F)nn2-c2ncc(S(N)(=O)=O)cn2)cc1C. The maximum atomic E-state index is 13.1. The number of halogens is 3. The summed E-state index contributed by atoms with van der Waals surface area (Å²) >= 11 is 0. The predicted molar refractivity (Wildman–Crippen MR) is 88.2 cm³/mol. The summed E-state index contributed by atoms with van der Waals surface area (Å²) in [4.78, 5) is 10.7. The van der Waals surface area contributed by atoms with Gasteiger partial charge in [-0.25, -0.2) is 28.5 Å². The lowest BCUT2D eigenvalue weighted by molar-refractivity contribution is -0.144. The molecule has 142 valence electrons. The van der Waals surface area contributed by atoms with Crippen molar-refractivity contribution in [3.8, 4) is 17.3 Å². The lowest BCUT2D eigenvalue weighted by Crippen LogP contribution is -2.14. The van der Waals surface area contributed by atoms with Gasteiger partial charge in [-0.2, -0.15) is 17.9 Å². The van der Waals surface area contributed by atoms with E-state index in [0.29, 0.717) is 5.56 Å². The second-order valence-corrected chi connectivity index (χ2v) is 7.29. The summed E-state index contributed by atoms with van der Waals surface area (Å²) in [6.07, 6.45) is -3.01. The molecule has 2 aromatic heterocycles. The van der Waals surface area contributed by atoms with Crippen LogP contribution in [0.3, 0.4) is 0 Å². The van der Waals surface area contributed by atoms with Gasteiger partial charge >= 0.3 is 6.18 Å². The Labute approximate surface area is 152 Å². The minimum Gasteiger partial charge on any atom is -0.225 e. The molecule has 0 aliphatic rings. The molecule has 0 spiro atoms. The maximum absolute atomic E-state index is 13.1. The zero-order valence-electron chi connectivity index (χ0n) is 14.1. The highest BCUT2D eigenvalue weighted by molar-refractivity contribution is 7.89. The van der Waals surface area contributed by atoms with Crippen LogP contribution in [0, 0.1) is 13.8 Å². The molecule has 0 atom stereocenters. The third-order valence-corrected chi connectivity index (χ3v) is 4.63. The number of primary sulfonamides is 1. The van der Waals surface area contributed by atoms with Crippen molar-refractivity contribution in [2.24, 2.45) is 5.14 Å². The second kappa shape index (κ2) is 6.39. The van der Waals surface area contributed by atoms with Gasteiger partial charge < -0.3 is 0 Å². The van der Waals surface area contributed by atoms with Gasteiger partial charge in [0.05, 0.1) is 12.4 Å². The smallest absolute Gasteiger partial charge is 0.225 e. The summed E-state index contributed by atoms with van der Waals surface area (Å²) in [5.74, 6) is -1.78. The quantitative estimate of drug-likeness (QED) is 0.721. The van der Waals surface area contributed by atoms with Gasteiger partial charge in [0.15, 0.2) is 5.82 Å². The summed E-state index contributed by atoms with van der Waals surface area (Å²) in [6.45, 7) is 3.67. The number of aryl methyl sites for hydroxylation is 2. The normalized spacial score (nSPS) is 12.4. The number of benzene rings is 1. The monoisotopic (exact) mass is 398 g/mol. The highest BCUT2D eigenvalue weighted by Gasteiger charge is 2.37. The molecule has 0 radical (unpaired) electrons. The summed E-state index contributed by atoms with van der Waals surface area (Å²) in [5.41, 5.74) is 2.18. The van der Waals surface area contributed by atoms with Crippen molar-refractivity contribution >= 4 is 10.0 Å². The van der Waals surface area contributed by atoms with Crippen LogP contribution >= 0.6 is 0 Å². The molecule has 0 unspecified atom stereocenters. The molecule has 1 aromatic carbocycles. The average Bonchev–Trinajstić information content (AvgIpc) is 3.02. The van der Waals surface area contributed by atoms with Crippen LogP contribution in [0.4, 0.5) is 13.2 Å². The third kappa shape index (κ3) is 3.80. The van der Waals surface area contributed by atoms with Crippen LogP contribution in [-0.2, 0) is 16.2 Å². The Morgan fingerprint density at radius 2 is 1.70 bits per heavy atom. The van der Waals surface area contributed by atoms with Gasteiger partial charge in [-0.3, -0.25) is 0 Å². The van der Waals surface area contributed by atoms with E-state index in [2.05, 4.69) is 20.1 Å². The summed E-state index contributed by atoms with van der Waals surface area (Å²) < 4.78 is 62.7. The van der Waals surface area contributed by atoms with E-state index >= 15 is 0 Å². The van der Waals surface area contributed by atoms with E-state index in [1.807, 2.05) is 13.8 Å². The van der Waals surface area contributed by atoms with Crippen LogP contribution in [0.15, 0.2) is 35.5 Å². The van der Waals surface area contributed by atoms with Crippen molar-refractivity contribution in [3.05, 3.63) is 47.5 Å². The molecule has 0 aliphatic heterocycles. The number of nitrogens with zero attached hydrogens (tertiary/aromatic N) is 5. The van der Waals surface area contributed by atoms with E-state index in [9.17, 15) is 21.6 Å². The van der Waals surface area contributed by atoms with Gasteiger partial charge in [0.2, 0.25) is 10.0 Å². The van der Waals surface area contributed by atoms with Crippen LogP contribution in [0.25, 0.3) is 17.3 Å². The number of hydrogen-bond acceptors (Lipinski definition) is 6. The van der Waals surface area contributed by atoms with Crippen LogP contribution in [0.1, 0.15) is 17.0 Å². The molecule has 0 saturated carbocycles. The highest BCUT2D eigenvalue weighted by Crippen LogP contribution is 2.30. The Bertz CT molecular complexity index is 1110. The number of rotatable bonds is 3. The molecule has 0 aliphatic carbocycles. The molecule has 0 amide bonds. The van der Waals surface area contributed by atoms with Crippen molar-refractivity contribution in [1.82, 2.24) is 24.7 Å². The molecule has 12 heteroatoms. The molecule has 0 fully saturated rings. The van der Waals surface area contributed by atoms with Crippen molar-refractivity contribution in [2.45, 2.75) is 24.9 Å². The van der Waals surface area contributed by atoms with Gasteiger partial charge in [-0.05, 0) is 31.0 Å². The Morgan fingerprint density at radius 1 is 1.07 bits per heavy atom. The van der Waals surface area contributed by atoms with Crippen molar-refractivity contribution in [2.75, 3.05) is 0 Å². The maximum Gasteiger partial charge on any atom is 0.453 e. The van der Waals surface area contributed by atoms with Crippen molar-refractivity contribution in [3.63, 3.8) is 0 Å². The van der Waals surface area contributed by atoms with Gasteiger partial charge in [-0.15, -0.1) is 5.10 Å². The van der Waals surface area contributed by atoms with E-state index in [-0.39, 0.29) is 16.7 Å². The fourth-order valence-corrected chi connectivity index (χ4v) is 2.60. The highest BCUT2D eigenvalue weighted by atomic mass is 32.2. The molecule has 0 bridgehead atoms. The molecule has 2 N–H and O–H groups in total. The second-order valence-electron chi connectivity index (χ2n) is 5.73. The zero-order valence-corrected chi connectivity index (χ0v) is 14.9. The predicted octanol–water partition coefficient (Wildman–Crippen LogP) is 2.01. The number of nitrogens with two attached hydrogens (primary N) is 1. The minimum absolute atomic E-state index is 0.131. The Kier molecular flexibility index (Phi) is 4.48. The van der Waals surface area contributed by atoms with Crippen LogP contribution in [0.2, 0.25) is 0 Å². The van der Waals surface area contributed by atoms with E-state index in [1.165, 1.54) is 0 Å². The molecule has 8 nitrogen and oxygen atoms in total. The fourth-order valence-electron chi connectivity index (χ4n) is 2.20. The zero-order chi connectivity index (χ0) is 20.0. The molecule has 27 heavy (non-hydrogen) atoms. The van der Waals surface area contributed by atoms with E-state index in [4.69, 9.17) is 5.14 Å². The Balaban J connectivity index is 2.19. The number of hydrogen-bond donors (Lipinski definition) is 1. The van der Waals surface area contributed by atoms with Gasteiger partial charge in [0, 0.05) is 5.56 Å². The Hall–Kier alpha value is -2.86. The van der Waals surface area contributed by atoms with Gasteiger partial charge in [0.25, 0.3) is 11.8 Å². The average molecular weight is 398 g/mol. The molecular weight excluding hydrogens is 385 g/mol. The number of alkyl halides is 3. The topological polar surface area (TPSA) is 117 Å². The first-order valence-electron chi connectivity index (χ1n) is 7.44. The molecule has 3 aromatic rings. The summed E-state index contributed by atoms with van der Waals surface area (Å²) in [6, 6.07) is 5.00. The molecule has 3 rings (SSSR count). The number of aromatic nitrogens is 5. The van der Waals surface area contributed by atoms with Gasteiger partial charge in [0.1, 0.15) is 4.90 Å². The molecule has 0 saturated heterocycles. The number of sulfonamides is 1. The third-order valence-electron chi connectivity index (χ3n) is 3.76. The Morgan fingerprint density at radius 3 is 2.22 bits per heavy atom. The largest absolute Gasteiger partial charge is 0.453 e. The van der Waals surface area contributed by atoms with Crippen LogP contribution < -0.4 is 5.14 Å². The molecule has 2 heterocycles. The van der Waals surface area contributed by atoms with Crippen LogP contribution in [-0.4, -0.2) is 33.2 Å². The first-order valence-corrected chi connectivity index (χ1v) is 8.98. The summed E-state index contributed by atoms with van der Waals surface area (Å²) in [7, 11) is -4.04. The minimum atomic E-state index is -4.78. The van der Waals surface area contributed by atoms with Gasteiger partial charge in [-0.1, -0.05) is 12.1 Å². The standard InChI is InChI=1S/C15H13F3N6O2S/c1-8-3-4-10(5-9(8)2)12-22-13(15(16,17)18)23-24(12)14-20-6-11(7-21-14)27(19,25)26/h3-7H,1-2H3,(H2,19,25,26). The van der Waals surface area contributed by atoms with E-state index in [1.54, 1.807) is 18.2 Å². The lowest BCUT2D eigenvalue weighted by atomic mass is 10.1.